The molecule has 6 heteroatoms. The van der Waals surface area contributed by atoms with Crippen LogP contribution >= 0.6 is 11.8 Å². The molecule has 5 nitrogen and oxygen atoms in total. The average molecular weight is 298 g/mol. The summed E-state index contributed by atoms with van der Waals surface area (Å²) >= 11 is 1.68. The Bertz CT molecular complexity index is 755. The van der Waals surface area contributed by atoms with Gasteiger partial charge in [-0.15, -0.1) is 16.9 Å². The summed E-state index contributed by atoms with van der Waals surface area (Å²) in [5.41, 5.74) is 9.05. The summed E-state index contributed by atoms with van der Waals surface area (Å²) in [6.07, 6.45) is 2.03. The van der Waals surface area contributed by atoms with Crippen molar-refractivity contribution in [1.82, 2.24) is 10.2 Å². The van der Waals surface area contributed by atoms with Crippen LogP contribution in [-0.2, 0) is 0 Å². The number of thioether (sulfide) groups is 1. The number of H-pyrrole nitrogens is 1. The third-order valence-electron chi connectivity index (χ3n) is 3.58. The number of aromatic nitrogens is 2. The second kappa shape index (κ2) is 5.19. The van der Waals surface area contributed by atoms with Crippen molar-refractivity contribution in [2.75, 3.05) is 6.26 Å². The van der Waals surface area contributed by atoms with Crippen LogP contribution in [-0.4, -0.2) is 16.5 Å². The van der Waals surface area contributed by atoms with E-state index in [0.29, 0.717) is 11.5 Å². The van der Waals surface area contributed by atoms with Gasteiger partial charge in [0.05, 0.1) is 5.92 Å². The molecular weight excluding hydrogens is 284 g/mol. The molecule has 0 saturated heterocycles. The van der Waals surface area contributed by atoms with Gasteiger partial charge in [-0.2, -0.15) is 5.26 Å². The van der Waals surface area contributed by atoms with Gasteiger partial charge in [-0.1, -0.05) is 12.1 Å². The number of nitrogens with two attached hydrogens (primary N) is 1. The molecule has 0 spiro atoms. The highest BCUT2D eigenvalue weighted by molar-refractivity contribution is 7.98. The summed E-state index contributed by atoms with van der Waals surface area (Å²) in [4.78, 5) is 1.17. The zero-order valence-electron chi connectivity index (χ0n) is 11.7. The lowest BCUT2D eigenvalue weighted by molar-refractivity contribution is 0.379. The van der Waals surface area contributed by atoms with Gasteiger partial charge in [0.25, 0.3) is 0 Å². The summed E-state index contributed by atoms with van der Waals surface area (Å²) in [6, 6.07) is 10.3. The van der Waals surface area contributed by atoms with Crippen molar-refractivity contribution in [2.45, 2.75) is 17.7 Å². The van der Waals surface area contributed by atoms with Crippen LogP contribution in [0.4, 0.5) is 0 Å². The molecule has 0 fully saturated rings. The number of nitrogens with one attached hydrogen (secondary N) is 1. The SMILES string of the molecule is CSc1ccc(C2C(C#N)=C(N)Oc3n[nH]c(C)c32)cc1. The zero-order valence-corrected chi connectivity index (χ0v) is 12.5. The lowest BCUT2D eigenvalue weighted by atomic mass is 9.84. The highest BCUT2D eigenvalue weighted by atomic mass is 32.2. The van der Waals surface area contributed by atoms with Gasteiger partial charge >= 0.3 is 0 Å². The van der Waals surface area contributed by atoms with Gasteiger partial charge in [0.2, 0.25) is 11.8 Å². The first-order valence-electron chi connectivity index (χ1n) is 6.42. The minimum atomic E-state index is -0.242. The summed E-state index contributed by atoms with van der Waals surface area (Å²) in [5.74, 6) is 0.326. The highest BCUT2D eigenvalue weighted by Crippen LogP contribution is 2.42. The monoisotopic (exact) mass is 298 g/mol. The molecule has 2 aromatic rings. The van der Waals surface area contributed by atoms with Gasteiger partial charge in [-0.05, 0) is 30.9 Å². The van der Waals surface area contributed by atoms with Crippen molar-refractivity contribution in [3.8, 4) is 11.9 Å². The number of rotatable bonds is 2. The number of benzene rings is 1. The topological polar surface area (TPSA) is 87.7 Å². The van der Waals surface area contributed by atoms with Crippen LogP contribution in [0.3, 0.4) is 0 Å². The van der Waals surface area contributed by atoms with Gasteiger partial charge in [-0.25, -0.2) is 0 Å². The molecule has 1 atom stereocenters. The number of ether oxygens (including phenoxy) is 1. The summed E-state index contributed by atoms with van der Waals surface area (Å²) in [5, 5.41) is 16.5. The van der Waals surface area contributed by atoms with E-state index < -0.39 is 0 Å². The fourth-order valence-corrected chi connectivity index (χ4v) is 2.94. The molecule has 1 aromatic carbocycles. The van der Waals surface area contributed by atoms with Crippen molar-refractivity contribution >= 4 is 11.8 Å². The molecule has 0 saturated carbocycles. The fraction of sp³-hybridized carbons (Fsp3) is 0.200. The van der Waals surface area contributed by atoms with Crippen LogP contribution in [0.25, 0.3) is 0 Å². The molecule has 21 heavy (non-hydrogen) atoms. The summed E-state index contributed by atoms with van der Waals surface area (Å²) in [7, 11) is 0. The molecule has 0 aliphatic carbocycles. The predicted molar refractivity (Wildman–Crippen MR) is 80.8 cm³/mol. The van der Waals surface area contributed by atoms with Crippen molar-refractivity contribution in [3.63, 3.8) is 0 Å². The summed E-state index contributed by atoms with van der Waals surface area (Å²) < 4.78 is 5.44. The molecule has 0 bridgehead atoms. The lowest BCUT2D eigenvalue weighted by Gasteiger charge is -2.23. The van der Waals surface area contributed by atoms with Crippen LogP contribution in [0, 0.1) is 18.3 Å². The van der Waals surface area contributed by atoms with Crippen LogP contribution in [0.15, 0.2) is 40.6 Å². The van der Waals surface area contributed by atoms with E-state index in [1.165, 1.54) is 4.90 Å². The molecule has 1 unspecified atom stereocenters. The Morgan fingerprint density at radius 3 is 2.71 bits per heavy atom. The Balaban J connectivity index is 2.17. The Labute approximate surface area is 126 Å². The minimum absolute atomic E-state index is 0.121. The quantitative estimate of drug-likeness (QED) is 0.832. The maximum atomic E-state index is 9.45. The lowest BCUT2D eigenvalue weighted by Crippen LogP contribution is -2.21. The standard InChI is InChI=1S/C15H14N4OS/c1-8-12-13(9-3-5-10(21-2)6-4-9)11(7-16)14(17)20-15(12)19-18-8/h3-6,13H,17H2,1-2H3,(H,18,19). The molecule has 0 amide bonds. The van der Waals surface area contributed by atoms with Gasteiger partial charge in [0.1, 0.15) is 11.6 Å². The van der Waals surface area contributed by atoms with Crippen LogP contribution in [0.5, 0.6) is 5.88 Å². The van der Waals surface area contributed by atoms with Gasteiger partial charge in [-0.3, -0.25) is 5.10 Å². The van der Waals surface area contributed by atoms with Gasteiger partial charge < -0.3 is 10.5 Å². The van der Waals surface area contributed by atoms with E-state index in [9.17, 15) is 5.26 Å². The zero-order chi connectivity index (χ0) is 15.0. The van der Waals surface area contributed by atoms with E-state index in [-0.39, 0.29) is 11.8 Å². The highest BCUT2D eigenvalue weighted by Gasteiger charge is 2.33. The van der Waals surface area contributed by atoms with E-state index in [1.54, 1.807) is 11.8 Å². The molecule has 0 radical (unpaired) electrons. The van der Waals surface area contributed by atoms with Crippen LogP contribution in [0.2, 0.25) is 0 Å². The molecule has 3 N–H and O–H groups in total. The smallest absolute Gasteiger partial charge is 0.244 e. The average Bonchev–Trinajstić information content (AvgIpc) is 2.87. The second-order valence-corrected chi connectivity index (χ2v) is 5.65. The Hall–Kier alpha value is -2.39. The number of aromatic amines is 1. The Morgan fingerprint density at radius 2 is 2.10 bits per heavy atom. The second-order valence-electron chi connectivity index (χ2n) is 4.77. The number of nitrogens with zero attached hydrogens (tertiary/aromatic N) is 2. The first-order chi connectivity index (χ1) is 10.2. The number of hydrogen-bond donors (Lipinski definition) is 2. The number of allylic oxidation sites excluding steroid dienone is 1. The van der Waals surface area contributed by atoms with E-state index >= 15 is 0 Å². The first-order valence-corrected chi connectivity index (χ1v) is 7.64. The number of fused-ring (bicyclic) bond motifs is 1. The third-order valence-corrected chi connectivity index (χ3v) is 4.32. The molecular formula is C15H14N4OS. The van der Waals surface area contributed by atoms with E-state index in [0.717, 1.165) is 16.8 Å². The van der Waals surface area contributed by atoms with E-state index in [2.05, 4.69) is 16.3 Å². The Kier molecular flexibility index (Phi) is 3.35. The van der Waals surface area contributed by atoms with Crippen molar-refractivity contribution in [1.29, 1.82) is 5.26 Å². The van der Waals surface area contributed by atoms with E-state index in [4.69, 9.17) is 10.5 Å². The van der Waals surface area contributed by atoms with Crippen LogP contribution in [0.1, 0.15) is 22.7 Å². The molecule has 2 heterocycles. The number of aryl methyl sites for hydroxylation is 1. The molecule has 1 aliphatic rings. The van der Waals surface area contributed by atoms with Crippen molar-refractivity contribution < 1.29 is 4.74 Å². The summed E-state index contributed by atoms with van der Waals surface area (Å²) in [6.45, 7) is 1.91. The minimum Gasteiger partial charge on any atom is -0.420 e. The largest absolute Gasteiger partial charge is 0.420 e. The number of nitriles is 1. The molecule has 106 valence electrons. The van der Waals surface area contributed by atoms with Crippen molar-refractivity contribution in [3.05, 3.63) is 52.5 Å². The maximum Gasteiger partial charge on any atom is 0.244 e. The first kappa shape index (κ1) is 13.6. The number of hydrogen-bond acceptors (Lipinski definition) is 5. The van der Waals surface area contributed by atoms with Crippen LogP contribution < -0.4 is 10.5 Å². The maximum absolute atomic E-state index is 9.45. The normalized spacial score (nSPS) is 17.1. The Morgan fingerprint density at radius 1 is 1.38 bits per heavy atom. The molecule has 1 aliphatic heterocycles. The predicted octanol–water partition coefficient (Wildman–Crippen LogP) is 2.66. The van der Waals surface area contributed by atoms with Gasteiger partial charge in [0.15, 0.2) is 0 Å². The molecule has 3 rings (SSSR count). The molecule has 1 aromatic heterocycles. The van der Waals surface area contributed by atoms with Gasteiger partial charge in [0, 0.05) is 16.2 Å². The fourth-order valence-electron chi connectivity index (χ4n) is 2.53. The van der Waals surface area contributed by atoms with E-state index in [1.807, 2.05) is 37.4 Å². The van der Waals surface area contributed by atoms with Crippen molar-refractivity contribution in [2.24, 2.45) is 5.73 Å². The third kappa shape index (κ3) is 2.16.